The first-order chi connectivity index (χ1) is 10.3. The first kappa shape index (κ1) is 16.2. The van der Waals surface area contributed by atoms with E-state index in [1.54, 1.807) is 24.4 Å². The minimum absolute atomic E-state index is 0.0394. The van der Waals surface area contributed by atoms with Crippen molar-refractivity contribution in [1.82, 2.24) is 9.78 Å². The largest absolute Gasteiger partial charge is 0.380 e. The van der Waals surface area contributed by atoms with Crippen molar-refractivity contribution in [2.75, 3.05) is 0 Å². The van der Waals surface area contributed by atoms with E-state index in [-0.39, 0.29) is 18.7 Å². The number of Topliss-reactive ketones (excluding diaryl/α,β-unsaturated/α-hetero) is 1. The Morgan fingerprint density at radius 2 is 2.27 bits per heavy atom. The van der Waals surface area contributed by atoms with Crippen LogP contribution in [0.5, 0.6) is 0 Å². The summed E-state index contributed by atoms with van der Waals surface area (Å²) in [7, 11) is 0. The monoisotopic (exact) mass is 317 g/mol. The SMILES string of the molecule is [C-]#[N+]c1ccc(CC(=O)[C@@](C)(O)Cn2cc(Cl)cn2)cc1C. The fourth-order valence-corrected chi connectivity index (χ4v) is 2.31. The maximum Gasteiger partial charge on any atom is 0.190 e. The number of ketones is 1. The molecule has 0 radical (unpaired) electrons. The van der Waals surface area contributed by atoms with Crippen molar-refractivity contribution in [3.05, 3.63) is 58.2 Å². The van der Waals surface area contributed by atoms with Gasteiger partial charge in [-0.15, -0.1) is 0 Å². The molecule has 0 spiro atoms. The number of aliphatic hydroxyl groups is 1. The summed E-state index contributed by atoms with van der Waals surface area (Å²) in [6.45, 7) is 10.3. The molecular formula is C16H16ClN3O2. The van der Waals surface area contributed by atoms with Gasteiger partial charge in [0.05, 0.1) is 24.3 Å². The van der Waals surface area contributed by atoms with Gasteiger partial charge in [0.1, 0.15) is 5.60 Å². The maximum atomic E-state index is 12.3. The second-order valence-corrected chi connectivity index (χ2v) is 5.90. The summed E-state index contributed by atoms with van der Waals surface area (Å²) in [6, 6.07) is 5.22. The number of hydrogen-bond acceptors (Lipinski definition) is 3. The molecule has 2 aromatic rings. The van der Waals surface area contributed by atoms with E-state index in [9.17, 15) is 9.90 Å². The van der Waals surface area contributed by atoms with Crippen molar-refractivity contribution < 1.29 is 9.90 Å². The Hall–Kier alpha value is -2.16. The molecule has 0 amide bonds. The van der Waals surface area contributed by atoms with Crippen LogP contribution in [0, 0.1) is 13.5 Å². The van der Waals surface area contributed by atoms with Crippen LogP contribution in [0.1, 0.15) is 18.1 Å². The second kappa shape index (κ2) is 6.30. The average molecular weight is 318 g/mol. The zero-order valence-corrected chi connectivity index (χ0v) is 13.1. The summed E-state index contributed by atoms with van der Waals surface area (Å²) in [4.78, 5) is 15.7. The van der Waals surface area contributed by atoms with Crippen LogP contribution in [0.3, 0.4) is 0 Å². The van der Waals surface area contributed by atoms with Crippen molar-refractivity contribution in [1.29, 1.82) is 0 Å². The van der Waals surface area contributed by atoms with Gasteiger partial charge < -0.3 is 5.11 Å². The standard InChI is InChI=1S/C16H16ClN3O2/c1-11-6-12(4-5-14(11)18-3)7-15(21)16(2,22)10-20-9-13(17)8-19-20/h4-6,8-9,22H,7,10H2,1-2H3/t16-/m0/s1. The Balaban J connectivity index is 2.10. The van der Waals surface area contributed by atoms with E-state index in [2.05, 4.69) is 9.94 Å². The highest BCUT2D eigenvalue weighted by Crippen LogP contribution is 2.21. The summed E-state index contributed by atoms with van der Waals surface area (Å²) in [5.41, 5.74) is 0.614. The van der Waals surface area contributed by atoms with E-state index in [1.165, 1.54) is 17.8 Å². The topological polar surface area (TPSA) is 59.5 Å². The lowest BCUT2D eigenvalue weighted by Gasteiger charge is -2.22. The van der Waals surface area contributed by atoms with Gasteiger partial charge in [-0.05, 0) is 25.0 Å². The van der Waals surface area contributed by atoms with Crippen LogP contribution in [0.4, 0.5) is 5.69 Å². The van der Waals surface area contributed by atoms with Crippen LogP contribution in [0.25, 0.3) is 4.85 Å². The van der Waals surface area contributed by atoms with Crippen molar-refractivity contribution in [3.63, 3.8) is 0 Å². The third-order valence-electron chi connectivity index (χ3n) is 3.42. The quantitative estimate of drug-likeness (QED) is 0.862. The Morgan fingerprint density at radius 1 is 1.55 bits per heavy atom. The van der Waals surface area contributed by atoms with Gasteiger partial charge in [0.15, 0.2) is 11.5 Å². The number of rotatable bonds is 5. The Kier molecular flexibility index (Phi) is 4.65. The molecule has 2 rings (SSSR count). The first-order valence-corrected chi connectivity index (χ1v) is 7.10. The lowest BCUT2D eigenvalue weighted by molar-refractivity contribution is -0.136. The summed E-state index contributed by atoms with van der Waals surface area (Å²) < 4.78 is 1.44. The van der Waals surface area contributed by atoms with E-state index in [0.29, 0.717) is 10.7 Å². The fraction of sp³-hybridized carbons (Fsp3) is 0.312. The predicted octanol–water partition coefficient (Wildman–Crippen LogP) is 2.96. The van der Waals surface area contributed by atoms with Crippen LogP contribution in [0.2, 0.25) is 5.02 Å². The van der Waals surface area contributed by atoms with Gasteiger partial charge in [-0.2, -0.15) is 5.10 Å². The molecule has 0 aliphatic carbocycles. The molecule has 0 bridgehead atoms. The highest BCUT2D eigenvalue weighted by atomic mass is 35.5. The van der Waals surface area contributed by atoms with Crippen molar-refractivity contribution >= 4 is 23.1 Å². The molecular weight excluding hydrogens is 302 g/mol. The molecule has 6 heteroatoms. The second-order valence-electron chi connectivity index (χ2n) is 5.46. The molecule has 0 fully saturated rings. The molecule has 0 saturated heterocycles. The van der Waals surface area contributed by atoms with Gasteiger partial charge in [0.25, 0.3) is 0 Å². The van der Waals surface area contributed by atoms with Gasteiger partial charge in [0.2, 0.25) is 0 Å². The van der Waals surface area contributed by atoms with Gasteiger partial charge in [-0.1, -0.05) is 29.8 Å². The number of nitrogens with zero attached hydrogens (tertiary/aromatic N) is 3. The molecule has 1 heterocycles. The number of halogens is 1. The number of hydrogen-bond donors (Lipinski definition) is 1. The minimum Gasteiger partial charge on any atom is -0.380 e. The number of aryl methyl sites for hydroxylation is 1. The van der Waals surface area contributed by atoms with E-state index in [4.69, 9.17) is 18.2 Å². The Bertz CT molecular complexity index is 744. The molecule has 0 unspecified atom stereocenters. The number of carbonyl (C=O) groups is 1. The Morgan fingerprint density at radius 3 is 2.82 bits per heavy atom. The molecule has 1 atom stereocenters. The summed E-state index contributed by atoms with van der Waals surface area (Å²) in [6.07, 6.45) is 3.10. The van der Waals surface area contributed by atoms with Crippen LogP contribution < -0.4 is 0 Å². The molecule has 0 aliphatic heterocycles. The third-order valence-corrected chi connectivity index (χ3v) is 3.61. The van der Waals surface area contributed by atoms with E-state index < -0.39 is 5.60 Å². The number of carbonyl (C=O) groups excluding carboxylic acids is 1. The maximum absolute atomic E-state index is 12.3. The summed E-state index contributed by atoms with van der Waals surface area (Å²) >= 11 is 5.77. The molecule has 0 aliphatic rings. The first-order valence-electron chi connectivity index (χ1n) is 6.72. The van der Waals surface area contributed by atoms with Gasteiger partial charge in [0, 0.05) is 12.6 Å². The molecule has 5 nitrogen and oxygen atoms in total. The summed E-state index contributed by atoms with van der Waals surface area (Å²) in [5.74, 6) is -0.311. The molecule has 22 heavy (non-hydrogen) atoms. The van der Waals surface area contributed by atoms with Gasteiger partial charge >= 0.3 is 0 Å². The van der Waals surface area contributed by atoms with E-state index in [0.717, 1.165) is 11.1 Å². The van der Waals surface area contributed by atoms with Crippen LogP contribution in [-0.2, 0) is 17.8 Å². The van der Waals surface area contributed by atoms with E-state index in [1.807, 2.05) is 6.92 Å². The smallest absolute Gasteiger partial charge is 0.190 e. The highest BCUT2D eigenvalue weighted by molar-refractivity contribution is 6.30. The highest BCUT2D eigenvalue weighted by Gasteiger charge is 2.30. The van der Waals surface area contributed by atoms with Gasteiger partial charge in [-0.25, -0.2) is 4.85 Å². The zero-order valence-electron chi connectivity index (χ0n) is 12.4. The fourth-order valence-electron chi connectivity index (χ4n) is 2.16. The van der Waals surface area contributed by atoms with Crippen molar-refractivity contribution in [2.24, 2.45) is 0 Å². The lowest BCUT2D eigenvalue weighted by Crippen LogP contribution is -2.40. The summed E-state index contributed by atoms with van der Waals surface area (Å²) in [5, 5.41) is 14.8. The molecule has 0 saturated carbocycles. The molecule has 1 N–H and O–H groups in total. The third kappa shape index (κ3) is 3.73. The normalized spacial score (nSPS) is 13.4. The minimum atomic E-state index is -1.54. The Labute approximate surface area is 134 Å². The molecule has 114 valence electrons. The van der Waals surface area contributed by atoms with Crippen molar-refractivity contribution in [2.45, 2.75) is 32.4 Å². The number of benzene rings is 1. The van der Waals surface area contributed by atoms with Gasteiger partial charge in [-0.3, -0.25) is 9.48 Å². The average Bonchev–Trinajstić information content (AvgIpc) is 2.83. The lowest BCUT2D eigenvalue weighted by atomic mass is 9.94. The molecule has 1 aromatic carbocycles. The van der Waals surface area contributed by atoms with Crippen molar-refractivity contribution in [3.8, 4) is 0 Å². The van der Waals surface area contributed by atoms with Crippen LogP contribution in [0.15, 0.2) is 30.6 Å². The molecule has 1 aromatic heterocycles. The zero-order chi connectivity index (χ0) is 16.3. The van der Waals surface area contributed by atoms with Crippen LogP contribution >= 0.6 is 11.6 Å². The predicted molar refractivity (Wildman–Crippen MR) is 84.0 cm³/mol. The van der Waals surface area contributed by atoms with Crippen LogP contribution in [-0.4, -0.2) is 26.3 Å². The number of aromatic nitrogens is 2. The van der Waals surface area contributed by atoms with E-state index >= 15 is 0 Å².